The molecule has 0 aromatic heterocycles. The molecule has 0 saturated carbocycles. The Balaban J connectivity index is 2.34. The third-order valence-corrected chi connectivity index (χ3v) is 3.96. The average Bonchev–Trinajstić information content (AvgIpc) is 2.74. The van der Waals surface area contributed by atoms with Gasteiger partial charge in [-0.2, -0.15) is 0 Å². The summed E-state index contributed by atoms with van der Waals surface area (Å²) >= 11 is 0. The van der Waals surface area contributed by atoms with Gasteiger partial charge in [-0.15, -0.1) is 0 Å². The molecule has 1 aromatic carbocycles. The first-order chi connectivity index (χ1) is 10.7. The standard InChI is InChI=1S/C18H26N2O3/c1-12-8-13(2)17(23-18(3,4)11-19-5)14(9-12)10-20-15(21)6-7-16(20)22/h8-9,19H,6-7,10-11H2,1-5H3. The van der Waals surface area contributed by atoms with E-state index < -0.39 is 0 Å². The van der Waals surface area contributed by atoms with E-state index in [1.807, 2.05) is 40.8 Å². The van der Waals surface area contributed by atoms with E-state index in [1.165, 1.54) is 4.90 Å². The Morgan fingerprint density at radius 1 is 1.17 bits per heavy atom. The molecular weight excluding hydrogens is 292 g/mol. The van der Waals surface area contributed by atoms with Crippen LogP contribution >= 0.6 is 0 Å². The first-order valence-electron chi connectivity index (χ1n) is 8.00. The van der Waals surface area contributed by atoms with Crippen LogP contribution in [-0.2, 0) is 16.1 Å². The molecule has 23 heavy (non-hydrogen) atoms. The lowest BCUT2D eigenvalue weighted by atomic mass is 10.0. The molecule has 0 spiro atoms. The second-order valence-electron chi connectivity index (χ2n) is 6.84. The summed E-state index contributed by atoms with van der Waals surface area (Å²) in [6.45, 7) is 9.01. The molecule has 1 heterocycles. The molecule has 1 aliphatic rings. The number of carbonyl (C=O) groups is 2. The van der Waals surface area contributed by atoms with Crippen LogP contribution in [-0.4, -0.2) is 35.9 Å². The van der Waals surface area contributed by atoms with Crippen molar-refractivity contribution in [3.63, 3.8) is 0 Å². The summed E-state index contributed by atoms with van der Waals surface area (Å²) < 4.78 is 6.23. The number of nitrogens with one attached hydrogen (secondary N) is 1. The molecule has 1 saturated heterocycles. The van der Waals surface area contributed by atoms with E-state index >= 15 is 0 Å². The molecule has 2 amide bonds. The third-order valence-electron chi connectivity index (χ3n) is 3.96. The number of likely N-dealkylation sites (tertiary alicyclic amines) is 1. The van der Waals surface area contributed by atoms with Gasteiger partial charge in [-0.1, -0.05) is 17.7 Å². The smallest absolute Gasteiger partial charge is 0.230 e. The Bertz CT molecular complexity index is 607. The van der Waals surface area contributed by atoms with E-state index in [4.69, 9.17) is 4.74 Å². The molecule has 1 aromatic rings. The van der Waals surface area contributed by atoms with Crippen LogP contribution in [0.4, 0.5) is 0 Å². The molecule has 126 valence electrons. The van der Waals surface area contributed by atoms with Crippen molar-refractivity contribution < 1.29 is 14.3 Å². The molecule has 1 N–H and O–H groups in total. The second kappa shape index (κ2) is 6.71. The van der Waals surface area contributed by atoms with Gasteiger partial charge in [-0.3, -0.25) is 14.5 Å². The Labute approximate surface area is 138 Å². The van der Waals surface area contributed by atoms with Gasteiger partial charge in [0, 0.05) is 24.9 Å². The van der Waals surface area contributed by atoms with Gasteiger partial charge >= 0.3 is 0 Å². The van der Waals surface area contributed by atoms with E-state index in [2.05, 4.69) is 11.4 Å². The highest BCUT2D eigenvalue weighted by molar-refractivity contribution is 6.01. The van der Waals surface area contributed by atoms with Crippen LogP contribution < -0.4 is 10.1 Å². The first kappa shape index (κ1) is 17.5. The average molecular weight is 318 g/mol. The van der Waals surface area contributed by atoms with Gasteiger partial charge in [0.15, 0.2) is 0 Å². The van der Waals surface area contributed by atoms with Crippen molar-refractivity contribution in [3.05, 3.63) is 28.8 Å². The molecule has 5 heteroatoms. The summed E-state index contributed by atoms with van der Waals surface area (Å²) in [5.41, 5.74) is 2.61. The van der Waals surface area contributed by atoms with Crippen molar-refractivity contribution in [1.29, 1.82) is 0 Å². The number of carbonyl (C=O) groups excluding carboxylic acids is 2. The monoisotopic (exact) mass is 318 g/mol. The van der Waals surface area contributed by atoms with Gasteiger partial charge in [0.05, 0.1) is 6.54 Å². The molecule has 5 nitrogen and oxygen atoms in total. The van der Waals surface area contributed by atoms with E-state index in [9.17, 15) is 9.59 Å². The fourth-order valence-electron chi connectivity index (χ4n) is 3.01. The van der Waals surface area contributed by atoms with E-state index in [-0.39, 0.29) is 24.0 Å². The number of aryl methyl sites for hydroxylation is 2. The van der Waals surface area contributed by atoms with Crippen molar-refractivity contribution in [2.24, 2.45) is 0 Å². The number of ether oxygens (including phenoxy) is 1. The number of imide groups is 1. The number of rotatable bonds is 6. The quantitative estimate of drug-likeness (QED) is 0.818. The number of hydrogen-bond donors (Lipinski definition) is 1. The third kappa shape index (κ3) is 4.10. The van der Waals surface area contributed by atoms with Gasteiger partial charge < -0.3 is 10.1 Å². The number of nitrogens with zero attached hydrogens (tertiary/aromatic N) is 1. The molecule has 0 unspecified atom stereocenters. The summed E-state index contributed by atoms with van der Waals surface area (Å²) in [5.74, 6) is 0.563. The lowest BCUT2D eigenvalue weighted by Gasteiger charge is -2.29. The lowest BCUT2D eigenvalue weighted by Crippen LogP contribution is -2.39. The molecule has 1 aliphatic heterocycles. The molecule has 0 aliphatic carbocycles. The summed E-state index contributed by atoms with van der Waals surface area (Å²) in [4.78, 5) is 25.2. The van der Waals surface area contributed by atoms with Crippen LogP contribution in [0.5, 0.6) is 5.75 Å². The van der Waals surface area contributed by atoms with Crippen LogP contribution in [0, 0.1) is 13.8 Å². The topological polar surface area (TPSA) is 58.6 Å². The Kier molecular flexibility index (Phi) is 5.09. The van der Waals surface area contributed by atoms with Crippen molar-refractivity contribution in [2.45, 2.75) is 52.7 Å². The van der Waals surface area contributed by atoms with Crippen molar-refractivity contribution in [1.82, 2.24) is 10.2 Å². The zero-order valence-electron chi connectivity index (χ0n) is 14.7. The summed E-state index contributed by atoms with van der Waals surface area (Å²) in [7, 11) is 1.88. The molecule has 2 rings (SSSR count). The first-order valence-corrected chi connectivity index (χ1v) is 8.00. The van der Waals surface area contributed by atoms with Gasteiger partial charge in [0.25, 0.3) is 0 Å². The second-order valence-corrected chi connectivity index (χ2v) is 6.84. The summed E-state index contributed by atoms with van der Waals surface area (Å²) in [5, 5.41) is 3.12. The van der Waals surface area contributed by atoms with Crippen LogP contribution in [0.25, 0.3) is 0 Å². The summed E-state index contributed by atoms with van der Waals surface area (Å²) in [6, 6.07) is 4.05. The van der Waals surface area contributed by atoms with Crippen molar-refractivity contribution in [3.8, 4) is 5.75 Å². The predicted molar refractivity (Wildman–Crippen MR) is 89.3 cm³/mol. The van der Waals surface area contributed by atoms with Gasteiger partial charge in [0.2, 0.25) is 11.8 Å². The molecule has 0 bridgehead atoms. The Hall–Kier alpha value is -1.88. The Morgan fingerprint density at radius 2 is 1.78 bits per heavy atom. The van der Waals surface area contributed by atoms with Gasteiger partial charge in [-0.05, 0) is 40.3 Å². The minimum absolute atomic E-state index is 0.102. The predicted octanol–water partition coefficient (Wildman–Crippen LogP) is 2.33. The van der Waals surface area contributed by atoms with Crippen molar-refractivity contribution in [2.75, 3.05) is 13.6 Å². The summed E-state index contributed by atoms with van der Waals surface area (Å²) in [6.07, 6.45) is 0.621. The normalized spacial score (nSPS) is 15.4. The highest BCUT2D eigenvalue weighted by Gasteiger charge is 2.30. The maximum Gasteiger partial charge on any atom is 0.230 e. The van der Waals surface area contributed by atoms with Gasteiger partial charge in [-0.25, -0.2) is 0 Å². The minimum Gasteiger partial charge on any atom is -0.486 e. The van der Waals surface area contributed by atoms with Gasteiger partial charge in [0.1, 0.15) is 11.4 Å². The Morgan fingerprint density at radius 3 is 2.35 bits per heavy atom. The highest BCUT2D eigenvalue weighted by atomic mass is 16.5. The highest BCUT2D eigenvalue weighted by Crippen LogP contribution is 2.31. The van der Waals surface area contributed by atoms with E-state index in [0.29, 0.717) is 19.4 Å². The fourth-order valence-corrected chi connectivity index (χ4v) is 3.01. The van der Waals surface area contributed by atoms with Crippen LogP contribution in [0.2, 0.25) is 0 Å². The largest absolute Gasteiger partial charge is 0.486 e. The number of hydrogen-bond acceptors (Lipinski definition) is 4. The van der Waals surface area contributed by atoms with Crippen LogP contribution in [0.1, 0.15) is 43.4 Å². The van der Waals surface area contributed by atoms with Crippen molar-refractivity contribution >= 4 is 11.8 Å². The molecule has 0 atom stereocenters. The molecule has 0 radical (unpaired) electrons. The van der Waals surface area contributed by atoms with E-state index in [0.717, 1.165) is 22.4 Å². The zero-order valence-corrected chi connectivity index (χ0v) is 14.7. The minimum atomic E-state index is -0.386. The molecular formula is C18H26N2O3. The molecule has 1 fully saturated rings. The maximum atomic E-state index is 11.9. The number of benzene rings is 1. The zero-order chi connectivity index (χ0) is 17.2. The number of amides is 2. The fraction of sp³-hybridized carbons (Fsp3) is 0.556. The maximum absolute atomic E-state index is 11.9. The van der Waals surface area contributed by atoms with Crippen LogP contribution in [0.15, 0.2) is 12.1 Å². The SMILES string of the molecule is CNCC(C)(C)Oc1c(C)cc(C)cc1CN1C(=O)CCC1=O. The lowest BCUT2D eigenvalue weighted by molar-refractivity contribution is -0.139. The van der Waals surface area contributed by atoms with Crippen LogP contribution in [0.3, 0.4) is 0 Å². The number of likely N-dealkylation sites (N-methyl/N-ethyl adjacent to an activating group) is 1. The van der Waals surface area contributed by atoms with E-state index in [1.54, 1.807) is 0 Å².